The zero-order valence-electron chi connectivity index (χ0n) is 24.2. The van der Waals surface area contributed by atoms with Gasteiger partial charge in [0.25, 0.3) is 11.8 Å². The first-order valence-corrected chi connectivity index (χ1v) is 14.0. The van der Waals surface area contributed by atoms with Gasteiger partial charge in [0.1, 0.15) is 6.61 Å². The Bertz CT molecular complexity index is 1590. The number of carbonyl (C=O) groups excluding carboxylic acids is 4. The zero-order chi connectivity index (χ0) is 32.1. The van der Waals surface area contributed by atoms with Crippen LogP contribution in [0.2, 0.25) is 5.02 Å². The molecule has 0 spiro atoms. The Hall–Kier alpha value is -4.72. The SMILES string of the molecule is COc1ccc(-c2cnc(C(=O)Nc3ccc(C(=O)N4CCC(C(=O)N[C@@H](C)COC(N)=O)CC4)c(Cl)c3)n2C)c(F)c1F. The number of anilines is 1. The second kappa shape index (κ2) is 13.7. The van der Waals surface area contributed by atoms with Crippen LogP contribution in [0.1, 0.15) is 40.7 Å². The fraction of sp³-hybridized carbons (Fsp3) is 0.345. The third kappa shape index (κ3) is 7.08. The predicted octanol–water partition coefficient (Wildman–Crippen LogP) is 3.73. The van der Waals surface area contributed by atoms with E-state index in [1.807, 2.05) is 0 Å². The molecule has 4 N–H and O–H groups in total. The van der Waals surface area contributed by atoms with Crippen LogP contribution in [-0.4, -0.2) is 71.1 Å². The van der Waals surface area contributed by atoms with E-state index in [1.165, 1.54) is 55.3 Å². The number of nitrogens with two attached hydrogens (primary N) is 1. The molecule has 44 heavy (non-hydrogen) atoms. The van der Waals surface area contributed by atoms with Crippen LogP contribution in [0.25, 0.3) is 11.3 Å². The smallest absolute Gasteiger partial charge is 0.404 e. The standard InChI is InChI=1S/C29H31ClF2N6O6/c1-15(14-44-29(33)42)35-26(39)16-8-10-38(11-9-16)28(41)18-5-4-17(12-20(18)30)36-27(40)25-34-13-21(37(25)2)19-6-7-22(43-3)24(32)23(19)31/h4-7,12-13,15-16H,8-11,14H2,1-3H3,(H2,33,42)(H,35,39)(H,36,40)/t15-/m0/s1. The van der Waals surface area contributed by atoms with Gasteiger partial charge in [-0.2, -0.15) is 4.39 Å². The summed E-state index contributed by atoms with van der Waals surface area (Å²) in [6, 6.07) is 6.61. The number of methoxy groups -OCH3 is 1. The van der Waals surface area contributed by atoms with Gasteiger partial charge in [0.05, 0.1) is 35.6 Å². The minimum Gasteiger partial charge on any atom is -0.494 e. The number of imidazole rings is 1. The van der Waals surface area contributed by atoms with Crippen molar-refractivity contribution < 1.29 is 37.4 Å². The van der Waals surface area contributed by atoms with E-state index in [4.69, 9.17) is 26.8 Å². The highest BCUT2D eigenvalue weighted by molar-refractivity contribution is 6.34. The topological polar surface area (TPSA) is 158 Å². The Labute approximate surface area is 256 Å². The van der Waals surface area contributed by atoms with Crippen LogP contribution >= 0.6 is 11.6 Å². The van der Waals surface area contributed by atoms with Crippen LogP contribution in [-0.2, 0) is 16.6 Å². The number of aromatic nitrogens is 2. The molecule has 2 heterocycles. The number of hydrogen-bond acceptors (Lipinski definition) is 7. The number of hydrogen-bond donors (Lipinski definition) is 3. The highest BCUT2D eigenvalue weighted by atomic mass is 35.5. The number of ether oxygens (including phenoxy) is 2. The van der Waals surface area contributed by atoms with Gasteiger partial charge in [-0.3, -0.25) is 14.4 Å². The first kappa shape index (κ1) is 32.2. The Morgan fingerprint density at radius 1 is 1.14 bits per heavy atom. The molecule has 1 saturated heterocycles. The third-order valence-electron chi connectivity index (χ3n) is 7.21. The molecule has 2 aromatic carbocycles. The van der Waals surface area contributed by atoms with Crippen LogP contribution in [0.3, 0.4) is 0 Å². The van der Waals surface area contributed by atoms with Gasteiger partial charge in [-0.25, -0.2) is 14.2 Å². The molecular formula is C29H31ClF2N6O6. The van der Waals surface area contributed by atoms with Crippen LogP contribution in [0, 0.1) is 17.6 Å². The van der Waals surface area contributed by atoms with Crippen molar-refractivity contribution in [2.45, 2.75) is 25.8 Å². The number of carbonyl (C=O) groups is 4. The van der Waals surface area contributed by atoms with E-state index in [0.717, 1.165) is 0 Å². The van der Waals surface area contributed by atoms with Crippen molar-refractivity contribution >= 4 is 41.1 Å². The zero-order valence-corrected chi connectivity index (χ0v) is 24.9. The lowest BCUT2D eigenvalue weighted by molar-refractivity contribution is -0.127. The van der Waals surface area contributed by atoms with Gasteiger partial charge >= 0.3 is 6.09 Å². The minimum absolute atomic E-state index is 0.0407. The van der Waals surface area contributed by atoms with Gasteiger partial charge in [-0.15, -0.1) is 0 Å². The highest BCUT2D eigenvalue weighted by Gasteiger charge is 2.29. The summed E-state index contributed by atoms with van der Waals surface area (Å²) in [6.07, 6.45) is 1.20. The molecule has 1 atom stereocenters. The molecule has 1 fully saturated rings. The van der Waals surface area contributed by atoms with Crippen molar-refractivity contribution in [1.29, 1.82) is 0 Å². The summed E-state index contributed by atoms with van der Waals surface area (Å²) in [7, 11) is 2.71. The molecule has 4 rings (SSSR count). The van der Waals surface area contributed by atoms with Crippen molar-refractivity contribution in [3.05, 3.63) is 64.6 Å². The maximum Gasteiger partial charge on any atom is 0.404 e. The monoisotopic (exact) mass is 632 g/mol. The van der Waals surface area contributed by atoms with Crippen LogP contribution in [0.4, 0.5) is 19.3 Å². The van der Waals surface area contributed by atoms with Crippen molar-refractivity contribution in [1.82, 2.24) is 19.8 Å². The number of halogens is 3. The van der Waals surface area contributed by atoms with E-state index in [1.54, 1.807) is 11.8 Å². The normalized spacial score (nSPS) is 14.1. The molecule has 0 bridgehead atoms. The number of piperidine rings is 1. The van der Waals surface area contributed by atoms with Gasteiger partial charge in [0, 0.05) is 37.3 Å². The molecule has 1 aliphatic rings. The molecule has 3 aromatic rings. The van der Waals surface area contributed by atoms with Crippen molar-refractivity contribution in [2.24, 2.45) is 18.7 Å². The molecular weight excluding hydrogens is 602 g/mol. The molecule has 0 radical (unpaired) electrons. The van der Waals surface area contributed by atoms with Crippen molar-refractivity contribution in [3.8, 4) is 17.0 Å². The number of rotatable bonds is 9. The fourth-order valence-corrected chi connectivity index (χ4v) is 5.10. The molecule has 0 unspecified atom stereocenters. The predicted molar refractivity (Wildman–Crippen MR) is 156 cm³/mol. The maximum atomic E-state index is 14.6. The lowest BCUT2D eigenvalue weighted by Crippen LogP contribution is -2.46. The molecule has 234 valence electrons. The average molecular weight is 633 g/mol. The summed E-state index contributed by atoms with van der Waals surface area (Å²) < 4.78 is 39.7. The summed E-state index contributed by atoms with van der Waals surface area (Å²) in [5.74, 6) is -4.09. The number of likely N-dealkylation sites (tertiary alicyclic amines) is 1. The number of benzene rings is 2. The summed E-state index contributed by atoms with van der Waals surface area (Å²) in [5.41, 5.74) is 5.52. The number of amides is 4. The van der Waals surface area contributed by atoms with Crippen LogP contribution < -0.4 is 21.1 Å². The minimum atomic E-state index is -1.16. The number of nitrogens with one attached hydrogen (secondary N) is 2. The Morgan fingerprint density at radius 2 is 1.84 bits per heavy atom. The summed E-state index contributed by atoms with van der Waals surface area (Å²) >= 11 is 6.42. The largest absolute Gasteiger partial charge is 0.494 e. The molecule has 1 aliphatic heterocycles. The summed E-state index contributed by atoms with van der Waals surface area (Å²) in [6.45, 7) is 2.31. The molecule has 4 amide bonds. The van der Waals surface area contributed by atoms with E-state index < -0.39 is 29.7 Å². The van der Waals surface area contributed by atoms with Gasteiger partial charge < -0.3 is 35.3 Å². The molecule has 12 nitrogen and oxygen atoms in total. The van der Waals surface area contributed by atoms with Gasteiger partial charge in [0.15, 0.2) is 17.4 Å². The quantitative estimate of drug-likeness (QED) is 0.324. The number of nitrogens with zero attached hydrogens (tertiary/aromatic N) is 3. The van der Waals surface area contributed by atoms with Gasteiger partial charge in [-0.1, -0.05) is 11.6 Å². The maximum absolute atomic E-state index is 14.6. The second-order valence-corrected chi connectivity index (χ2v) is 10.6. The lowest BCUT2D eigenvalue weighted by Gasteiger charge is -2.32. The van der Waals surface area contributed by atoms with E-state index in [9.17, 15) is 28.0 Å². The van der Waals surface area contributed by atoms with Crippen LogP contribution in [0.15, 0.2) is 36.5 Å². The first-order valence-electron chi connectivity index (χ1n) is 13.6. The Morgan fingerprint density at radius 3 is 2.48 bits per heavy atom. The molecule has 15 heteroatoms. The highest BCUT2D eigenvalue weighted by Crippen LogP contribution is 2.30. The van der Waals surface area contributed by atoms with Crippen LogP contribution in [0.5, 0.6) is 5.75 Å². The fourth-order valence-electron chi connectivity index (χ4n) is 4.84. The first-order chi connectivity index (χ1) is 20.9. The Balaban J connectivity index is 1.36. The van der Waals surface area contributed by atoms with Crippen molar-refractivity contribution in [3.63, 3.8) is 0 Å². The average Bonchev–Trinajstić information content (AvgIpc) is 3.38. The van der Waals surface area contributed by atoms with E-state index in [-0.39, 0.29) is 63.4 Å². The Kier molecular flexibility index (Phi) is 10.0. The third-order valence-corrected chi connectivity index (χ3v) is 7.52. The molecule has 1 aromatic heterocycles. The van der Waals surface area contributed by atoms with E-state index in [0.29, 0.717) is 25.9 Å². The van der Waals surface area contributed by atoms with Gasteiger partial charge in [-0.05, 0) is 50.1 Å². The number of primary amides is 1. The molecule has 0 saturated carbocycles. The van der Waals surface area contributed by atoms with E-state index in [2.05, 4.69) is 15.6 Å². The lowest BCUT2D eigenvalue weighted by atomic mass is 9.95. The summed E-state index contributed by atoms with van der Waals surface area (Å²) in [4.78, 5) is 55.1. The van der Waals surface area contributed by atoms with E-state index >= 15 is 0 Å². The van der Waals surface area contributed by atoms with Gasteiger partial charge in [0.2, 0.25) is 11.7 Å². The molecule has 0 aliphatic carbocycles. The summed E-state index contributed by atoms with van der Waals surface area (Å²) in [5, 5.41) is 5.52. The van der Waals surface area contributed by atoms with Crippen molar-refractivity contribution in [2.75, 3.05) is 32.1 Å². The second-order valence-electron chi connectivity index (χ2n) is 10.2.